The van der Waals surface area contributed by atoms with Crippen LogP contribution < -0.4 is 10.6 Å². The number of rotatable bonds is 6. The maximum absolute atomic E-state index is 13.0. The van der Waals surface area contributed by atoms with Crippen molar-refractivity contribution in [2.45, 2.75) is 25.4 Å². The Bertz CT molecular complexity index is 833. The van der Waals surface area contributed by atoms with Crippen LogP contribution in [0.2, 0.25) is 5.02 Å². The molecule has 3 rings (SSSR count). The first-order valence-electron chi connectivity index (χ1n) is 8.73. The molecule has 8 heteroatoms. The molecule has 142 valence electrons. The van der Waals surface area contributed by atoms with Crippen LogP contribution >= 0.6 is 11.6 Å². The molecule has 0 bridgehead atoms. The van der Waals surface area contributed by atoms with Gasteiger partial charge in [-0.05, 0) is 36.8 Å². The van der Waals surface area contributed by atoms with Crippen molar-refractivity contribution in [2.75, 3.05) is 13.6 Å². The summed E-state index contributed by atoms with van der Waals surface area (Å²) in [6, 6.07) is 10.2. The SMILES string of the molecule is CNC(=O)C[NH2+][C@@H](C)C(=O)N1N=C(c2ccc(Cl)cc2)C[C@@H]1c1ccco1. The summed E-state index contributed by atoms with van der Waals surface area (Å²) < 4.78 is 5.53. The van der Waals surface area contributed by atoms with Gasteiger partial charge in [-0.25, -0.2) is 5.01 Å². The van der Waals surface area contributed by atoms with Gasteiger partial charge in [0.15, 0.2) is 12.6 Å². The fourth-order valence-electron chi connectivity index (χ4n) is 2.93. The lowest BCUT2D eigenvalue weighted by atomic mass is 10.0. The average molecular weight is 390 g/mol. The van der Waals surface area contributed by atoms with Crippen LogP contribution in [0.5, 0.6) is 0 Å². The molecule has 27 heavy (non-hydrogen) atoms. The molecule has 7 nitrogen and oxygen atoms in total. The van der Waals surface area contributed by atoms with Crippen LogP contribution in [0.25, 0.3) is 0 Å². The molecular formula is C19H22ClN4O3+. The van der Waals surface area contributed by atoms with E-state index < -0.39 is 6.04 Å². The molecule has 3 N–H and O–H groups in total. The number of likely N-dealkylation sites (N-methyl/N-ethyl adjacent to an activating group) is 1. The number of nitrogens with one attached hydrogen (secondary N) is 1. The maximum Gasteiger partial charge on any atom is 0.301 e. The van der Waals surface area contributed by atoms with Crippen LogP contribution in [0.3, 0.4) is 0 Å². The molecule has 2 heterocycles. The van der Waals surface area contributed by atoms with Gasteiger partial charge in [0.05, 0.1) is 12.0 Å². The first-order chi connectivity index (χ1) is 13.0. The zero-order valence-electron chi connectivity index (χ0n) is 15.2. The van der Waals surface area contributed by atoms with Crippen LogP contribution in [0.1, 0.15) is 30.7 Å². The summed E-state index contributed by atoms with van der Waals surface area (Å²) in [7, 11) is 1.57. The normalized spacial score (nSPS) is 17.5. The minimum Gasteiger partial charge on any atom is -0.467 e. The number of nitrogens with two attached hydrogens (primary N) is 1. The van der Waals surface area contributed by atoms with E-state index in [0.717, 1.165) is 11.3 Å². The third-order valence-corrected chi connectivity index (χ3v) is 4.76. The van der Waals surface area contributed by atoms with Gasteiger partial charge in [-0.15, -0.1) is 0 Å². The quantitative estimate of drug-likeness (QED) is 0.780. The topological polar surface area (TPSA) is 91.5 Å². The molecule has 2 amide bonds. The zero-order valence-corrected chi connectivity index (χ0v) is 15.9. The van der Waals surface area contributed by atoms with Crippen molar-refractivity contribution in [3.8, 4) is 0 Å². The number of carbonyl (C=O) groups is 2. The lowest BCUT2D eigenvalue weighted by Gasteiger charge is -2.22. The Morgan fingerprint density at radius 3 is 2.74 bits per heavy atom. The number of nitrogens with zero attached hydrogens (tertiary/aromatic N) is 2. The fraction of sp³-hybridized carbons (Fsp3) is 0.316. The highest BCUT2D eigenvalue weighted by atomic mass is 35.5. The third-order valence-electron chi connectivity index (χ3n) is 4.51. The number of quaternary nitrogens is 1. The predicted octanol–water partition coefficient (Wildman–Crippen LogP) is 1.31. The van der Waals surface area contributed by atoms with E-state index in [1.165, 1.54) is 5.01 Å². The number of amides is 2. The summed E-state index contributed by atoms with van der Waals surface area (Å²) in [4.78, 5) is 24.4. The molecule has 0 unspecified atom stereocenters. The van der Waals surface area contributed by atoms with E-state index in [9.17, 15) is 9.59 Å². The molecule has 1 aliphatic heterocycles. The maximum atomic E-state index is 13.0. The Hall–Kier alpha value is -2.64. The number of halogens is 1. The zero-order chi connectivity index (χ0) is 19.4. The van der Waals surface area contributed by atoms with Gasteiger partial charge >= 0.3 is 5.91 Å². The minimum absolute atomic E-state index is 0.135. The number of hydrogen-bond acceptors (Lipinski definition) is 4. The van der Waals surface area contributed by atoms with Crippen LogP contribution in [-0.4, -0.2) is 42.2 Å². The summed E-state index contributed by atoms with van der Waals surface area (Å²) in [6.45, 7) is 1.94. The third kappa shape index (κ3) is 4.37. The molecular weight excluding hydrogens is 368 g/mol. The summed E-state index contributed by atoms with van der Waals surface area (Å²) in [5.41, 5.74) is 1.70. The number of benzene rings is 1. The van der Waals surface area contributed by atoms with E-state index in [0.29, 0.717) is 17.2 Å². The molecule has 0 saturated carbocycles. The second-order valence-electron chi connectivity index (χ2n) is 6.37. The highest BCUT2D eigenvalue weighted by Crippen LogP contribution is 2.33. The Morgan fingerprint density at radius 2 is 2.11 bits per heavy atom. The van der Waals surface area contributed by atoms with E-state index in [1.807, 2.05) is 18.2 Å². The second kappa shape index (κ2) is 8.37. The van der Waals surface area contributed by atoms with Gasteiger partial charge in [0.1, 0.15) is 11.8 Å². The van der Waals surface area contributed by atoms with Crippen molar-refractivity contribution >= 4 is 29.1 Å². The summed E-state index contributed by atoms with van der Waals surface area (Å²) in [5, 5.41) is 10.9. The molecule has 1 aromatic carbocycles. The Balaban J connectivity index is 1.82. The van der Waals surface area contributed by atoms with Crippen LogP contribution in [-0.2, 0) is 9.59 Å². The molecule has 2 atom stereocenters. The smallest absolute Gasteiger partial charge is 0.301 e. The van der Waals surface area contributed by atoms with Gasteiger partial charge < -0.3 is 15.1 Å². The molecule has 2 aromatic rings. The first-order valence-corrected chi connectivity index (χ1v) is 9.11. The first kappa shape index (κ1) is 19.1. The lowest BCUT2D eigenvalue weighted by molar-refractivity contribution is -0.663. The van der Waals surface area contributed by atoms with Gasteiger partial charge in [0.2, 0.25) is 0 Å². The van der Waals surface area contributed by atoms with Gasteiger partial charge in [-0.1, -0.05) is 23.7 Å². The summed E-state index contributed by atoms with van der Waals surface area (Å²) in [5.74, 6) is 0.364. The van der Waals surface area contributed by atoms with Crippen LogP contribution in [0, 0.1) is 0 Å². The molecule has 0 radical (unpaired) electrons. The van der Waals surface area contributed by atoms with E-state index in [2.05, 4.69) is 10.4 Å². The second-order valence-corrected chi connectivity index (χ2v) is 6.81. The van der Waals surface area contributed by atoms with Crippen molar-refractivity contribution in [3.63, 3.8) is 0 Å². The number of carbonyl (C=O) groups excluding carboxylic acids is 2. The van der Waals surface area contributed by atoms with Crippen molar-refractivity contribution in [2.24, 2.45) is 5.10 Å². The Labute approximate surface area is 162 Å². The van der Waals surface area contributed by atoms with Gasteiger partial charge in [0.25, 0.3) is 5.91 Å². The fourth-order valence-corrected chi connectivity index (χ4v) is 3.05. The average Bonchev–Trinajstić information content (AvgIpc) is 3.35. The molecule has 0 fully saturated rings. The molecule has 1 aromatic heterocycles. The van der Waals surface area contributed by atoms with Gasteiger partial charge in [0, 0.05) is 18.5 Å². The lowest BCUT2D eigenvalue weighted by Crippen LogP contribution is -2.93. The Kier molecular flexibility index (Phi) is 5.93. The van der Waals surface area contributed by atoms with E-state index in [-0.39, 0.29) is 24.4 Å². The predicted molar refractivity (Wildman–Crippen MR) is 101 cm³/mol. The van der Waals surface area contributed by atoms with Gasteiger partial charge in [-0.3, -0.25) is 9.59 Å². The number of hydrogen-bond donors (Lipinski definition) is 2. The number of hydrazone groups is 1. The highest BCUT2D eigenvalue weighted by Gasteiger charge is 2.37. The van der Waals surface area contributed by atoms with Gasteiger partial charge in [-0.2, -0.15) is 5.10 Å². The highest BCUT2D eigenvalue weighted by molar-refractivity contribution is 6.30. The van der Waals surface area contributed by atoms with Crippen LogP contribution in [0.15, 0.2) is 52.2 Å². The minimum atomic E-state index is -0.451. The largest absolute Gasteiger partial charge is 0.467 e. The van der Waals surface area contributed by atoms with Crippen molar-refractivity contribution < 1.29 is 19.3 Å². The summed E-state index contributed by atoms with van der Waals surface area (Å²) in [6.07, 6.45) is 2.13. The van der Waals surface area contributed by atoms with Crippen molar-refractivity contribution in [1.82, 2.24) is 10.3 Å². The number of furan rings is 1. The standard InChI is InChI=1S/C19H21ClN4O3/c1-12(22-11-18(25)21-2)19(26)24-16(17-4-3-9-27-17)10-15(23-24)13-5-7-14(20)8-6-13/h3-9,12,16,22H,10-11H2,1-2H3,(H,21,25)/p+1/t12-,16+/m0/s1. The summed E-state index contributed by atoms with van der Waals surface area (Å²) >= 11 is 5.96. The molecule has 0 saturated heterocycles. The Morgan fingerprint density at radius 1 is 1.37 bits per heavy atom. The molecule has 0 spiro atoms. The van der Waals surface area contributed by atoms with Crippen LogP contribution in [0.4, 0.5) is 0 Å². The van der Waals surface area contributed by atoms with Crippen molar-refractivity contribution in [1.29, 1.82) is 0 Å². The monoisotopic (exact) mass is 389 g/mol. The van der Waals surface area contributed by atoms with Crippen molar-refractivity contribution in [3.05, 3.63) is 59.0 Å². The van der Waals surface area contributed by atoms with E-state index >= 15 is 0 Å². The molecule has 1 aliphatic rings. The molecule has 0 aliphatic carbocycles. The van der Waals surface area contributed by atoms with E-state index in [1.54, 1.807) is 43.8 Å². The van der Waals surface area contributed by atoms with E-state index in [4.69, 9.17) is 16.0 Å².